The van der Waals surface area contributed by atoms with Crippen molar-refractivity contribution in [3.8, 4) is 11.5 Å². The molecule has 132 valence electrons. The van der Waals surface area contributed by atoms with Gasteiger partial charge in [-0.1, -0.05) is 12.1 Å². The summed E-state index contributed by atoms with van der Waals surface area (Å²) in [6.45, 7) is 1.24. The first-order chi connectivity index (χ1) is 12.4. The molecular weight excluding hydrogens is 342 g/mol. The molecule has 1 heterocycles. The monoisotopic (exact) mass is 355 g/mol. The number of hydrogen-bond donors (Lipinski definition) is 0. The van der Waals surface area contributed by atoms with Gasteiger partial charge in [-0.15, -0.1) is 0 Å². The van der Waals surface area contributed by atoms with Gasteiger partial charge in [-0.2, -0.15) is 0 Å². The molecule has 0 radical (unpaired) electrons. The maximum Gasteiger partial charge on any atom is 0.349 e. The lowest BCUT2D eigenvalue weighted by molar-refractivity contribution is -0.385. The van der Waals surface area contributed by atoms with E-state index in [2.05, 4.69) is 0 Å². The highest BCUT2D eigenvalue weighted by atomic mass is 16.6. The standard InChI is InChI=1S/C18H13NO7/c1-11-8-17(20)26-15-7-6-12(9-13(11)15)25-18(21)10-24-16-5-3-2-4-14(16)19(22)23/h2-9H,10H2,1H3. The van der Waals surface area contributed by atoms with Crippen LogP contribution in [0.3, 0.4) is 0 Å². The molecule has 3 rings (SSSR count). The first kappa shape index (κ1) is 17.2. The fourth-order valence-electron chi connectivity index (χ4n) is 2.39. The van der Waals surface area contributed by atoms with Crippen molar-refractivity contribution in [2.75, 3.05) is 6.61 Å². The van der Waals surface area contributed by atoms with E-state index in [-0.39, 0.29) is 17.2 Å². The predicted octanol–water partition coefficient (Wildman–Crippen LogP) is 2.99. The van der Waals surface area contributed by atoms with Gasteiger partial charge >= 0.3 is 17.3 Å². The normalized spacial score (nSPS) is 10.5. The second kappa shape index (κ2) is 7.06. The van der Waals surface area contributed by atoms with Crippen LogP contribution in [0.1, 0.15) is 5.56 Å². The fourth-order valence-corrected chi connectivity index (χ4v) is 2.39. The highest BCUT2D eigenvalue weighted by Crippen LogP contribution is 2.26. The molecule has 0 atom stereocenters. The Morgan fingerprint density at radius 3 is 2.73 bits per heavy atom. The number of carbonyl (C=O) groups excluding carboxylic acids is 1. The summed E-state index contributed by atoms with van der Waals surface area (Å²) in [7, 11) is 0. The van der Waals surface area contributed by atoms with Crippen LogP contribution in [0.4, 0.5) is 5.69 Å². The number of ether oxygens (including phenoxy) is 2. The van der Waals surface area contributed by atoms with Crippen molar-refractivity contribution in [1.82, 2.24) is 0 Å². The number of rotatable bonds is 5. The summed E-state index contributed by atoms with van der Waals surface area (Å²) < 4.78 is 15.4. The van der Waals surface area contributed by atoms with Gasteiger partial charge in [0.15, 0.2) is 12.4 Å². The van der Waals surface area contributed by atoms with Gasteiger partial charge in [0, 0.05) is 17.5 Å². The Bertz CT molecular complexity index is 1050. The molecule has 8 heteroatoms. The number of benzene rings is 2. The number of carbonyl (C=O) groups is 1. The summed E-state index contributed by atoms with van der Waals surface area (Å²) in [5.74, 6) is -0.506. The number of nitro groups is 1. The topological polar surface area (TPSA) is 109 Å². The lowest BCUT2D eigenvalue weighted by Crippen LogP contribution is -2.18. The highest BCUT2D eigenvalue weighted by molar-refractivity contribution is 5.83. The number of aryl methyl sites for hydroxylation is 1. The van der Waals surface area contributed by atoms with Gasteiger partial charge in [0.2, 0.25) is 0 Å². The molecule has 0 amide bonds. The molecule has 0 unspecified atom stereocenters. The van der Waals surface area contributed by atoms with E-state index >= 15 is 0 Å². The highest BCUT2D eigenvalue weighted by Gasteiger charge is 2.16. The lowest BCUT2D eigenvalue weighted by Gasteiger charge is -2.08. The van der Waals surface area contributed by atoms with E-state index in [4.69, 9.17) is 13.9 Å². The minimum Gasteiger partial charge on any atom is -0.475 e. The van der Waals surface area contributed by atoms with Crippen molar-refractivity contribution in [3.63, 3.8) is 0 Å². The van der Waals surface area contributed by atoms with E-state index in [0.29, 0.717) is 16.5 Å². The summed E-state index contributed by atoms with van der Waals surface area (Å²) in [5, 5.41) is 11.5. The summed E-state index contributed by atoms with van der Waals surface area (Å²) in [6, 6.07) is 11.6. The third-order valence-electron chi connectivity index (χ3n) is 3.56. The average molecular weight is 355 g/mol. The van der Waals surface area contributed by atoms with E-state index in [1.807, 2.05) is 0 Å². The van der Waals surface area contributed by atoms with Crippen LogP contribution in [0.25, 0.3) is 11.0 Å². The van der Waals surface area contributed by atoms with Gasteiger partial charge in [0.1, 0.15) is 11.3 Å². The first-order valence-electron chi connectivity index (χ1n) is 7.55. The minimum absolute atomic E-state index is 0.0226. The van der Waals surface area contributed by atoms with E-state index < -0.39 is 23.1 Å². The molecule has 0 aliphatic heterocycles. The van der Waals surface area contributed by atoms with E-state index in [0.717, 1.165) is 0 Å². The Hall–Kier alpha value is -3.68. The van der Waals surface area contributed by atoms with Gasteiger partial charge < -0.3 is 13.9 Å². The van der Waals surface area contributed by atoms with Gasteiger partial charge in [0.25, 0.3) is 0 Å². The molecule has 0 bridgehead atoms. The molecule has 2 aromatic carbocycles. The lowest BCUT2D eigenvalue weighted by atomic mass is 10.1. The molecule has 26 heavy (non-hydrogen) atoms. The summed E-state index contributed by atoms with van der Waals surface area (Å²) in [6.07, 6.45) is 0. The van der Waals surface area contributed by atoms with Crippen molar-refractivity contribution in [2.24, 2.45) is 0 Å². The Morgan fingerprint density at radius 2 is 1.96 bits per heavy atom. The third-order valence-corrected chi connectivity index (χ3v) is 3.56. The Balaban J connectivity index is 1.72. The van der Waals surface area contributed by atoms with Crippen LogP contribution >= 0.6 is 0 Å². The molecule has 1 aromatic heterocycles. The number of nitro benzene ring substituents is 1. The van der Waals surface area contributed by atoms with Crippen molar-refractivity contribution in [2.45, 2.75) is 6.92 Å². The van der Waals surface area contributed by atoms with Gasteiger partial charge in [-0.3, -0.25) is 10.1 Å². The summed E-state index contributed by atoms with van der Waals surface area (Å²) >= 11 is 0. The van der Waals surface area contributed by atoms with Crippen LogP contribution in [0.5, 0.6) is 11.5 Å². The minimum atomic E-state index is -0.725. The molecule has 0 spiro atoms. The number of fused-ring (bicyclic) bond motifs is 1. The molecule has 8 nitrogen and oxygen atoms in total. The molecular formula is C18H13NO7. The molecule has 0 aliphatic carbocycles. The summed E-state index contributed by atoms with van der Waals surface area (Å²) in [4.78, 5) is 33.6. The molecule has 0 fully saturated rings. The third kappa shape index (κ3) is 3.69. The number of para-hydroxylation sites is 2. The molecule has 0 saturated carbocycles. The maximum absolute atomic E-state index is 12.0. The number of nitrogens with zero attached hydrogens (tertiary/aromatic N) is 1. The second-order valence-corrected chi connectivity index (χ2v) is 5.39. The van der Waals surface area contributed by atoms with Crippen LogP contribution in [-0.2, 0) is 4.79 Å². The largest absolute Gasteiger partial charge is 0.475 e. The van der Waals surface area contributed by atoms with Crippen LogP contribution in [0.2, 0.25) is 0 Å². The van der Waals surface area contributed by atoms with Gasteiger partial charge in [-0.25, -0.2) is 9.59 Å². The van der Waals surface area contributed by atoms with Crippen LogP contribution in [-0.4, -0.2) is 17.5 Å². The van der Waals surface area contributed by atoms with Crippen LogP contribution in [0, 0.1) is 17.0 Å². The Labute approximate surface area is 146 Å². The van der Waals surface area contributed by atoms with Crippen molar-refractivity contribution in [1.29, 1.82) is 0 Å². The molecule has 0 saturated heterocycles. The van der Waals surface area contributed by atoms with E-state index in [1.54, 1.807) is 19.1 Å². The zero-order valence-electron chi connectivity index (χ0n) is 13.6. The molecule has 3 aromatic rings. The molecule has 0 N–H and O–H groups in total. The fraction of sp³-hybridized carbons (Fsp3) is 0.111. The number of hydrogen-bond acceptors (Lipinski definition) is 7. The van der Waals surface area contributed by atoms with Crippen molar-refractivity contribution >= 4 is 22.6 Å². The maximum atomic E-state index is 12.0. The first-order valence-corrected chi connectivity index (χ1v) is 7.55. The summed E-state index contributed by atoms with van der Waals surface area (Å²) in [5.41, 5.74) is 0.366. The number of esters is 1. The van der Waals surface area contributed by atoms with Crippen LogP contribution < -0.4 is 15.1 Å². The van der Waals surface area contributed by atoms with Crippen molar-refractivity contribution in [3.05, 3.63) is 74.6 Å². The quantitative estimate of drug-likeness (QED) is 0.227. The van der Waals surface area contributed by atoms with E-state index in [1.165, 1.54) is 36.4 Å². The Morgan fingerprint density at radius 1 is 1.19 bits per heavy atom. The zero-order valence-corrected chi connectivity index (χ0v) is 13.6. The smallest absolute Gasteiger partial charge is 0.349 e. The van der Waals surface area contributed by atoms with Crippen molar-refractivity contribution < 1.29 is 23.6 Å². The average Bonchev–Trinajstić information content (AvgIpc) is 2.60. The van der Waals surface area contributed by atoms with Gasteiger partial charge in [0.05, 0.1) is 4.92 Å². The van der Waals surface area contributed by atoms with Crippen LogP contribution in [0.15, 0.2) is 57.7 Å². The van der Waals surface area contributed by atoms with E-state index in [9.17, 15) is 19.7 Å². The van der Waals surface area contributed by atoms with Gasteiger partial charge in [-0.05, 0) is 36.8 Å². The SMILES string of the molecule is Cc1cc(=O)oc2ccc(OC(=O)COc3ccccc3[N+](=O)[O-])cc12. The zero-order chi connectivity index (χ0) is 18.7. The Kier molecular flexibility index (Phi) is 4.66. The predicted molar refractivity (Wildman–Crippen MR) is 91.4 cm³/mol. The second-order valence-electron chi connectivity index (χ2n) is 5.39. The molecule has 0 aliphatic rings.